The number of phenols is 3. The summed E-state index contributed by atoms with van der Waals surface area (Å²) in [6.07, 6.45) is 13.4. The van der Waals surface area contributed by atoms with Gasteiger partial charge in [0.05, 0.1) is 0 Å². The van der Waals surface area contributed by atoms with Gasteiger partial charge in [0.1, 0.15) is 0 Å². The van der Waals surface area contributed by atoms with Crippen LogP contribution in [0.2, 0.25) is 0 Å². The molecule has 0 heterocycles. The minimum atomic E-state index is -0.461. The molecule has 3 N–H and O–H groups in total. The summed E-state index contributed by atoms with van der Waals surface area (Å²) in [5, 5.41) is 31.6. The van der Waals surface area contributed by atoms with Crippen LogP contribution in [0.3, 0.4) is 0 Å². The van der Waals surface area contributed by atoms with E-state index in [1.54, 1.807) is 6.07 Å². The lowest BCUT2D eigenvalue weighted by Crippen LogP contribution is -2.10. The topological polar surface area (TPSA) is 60.7 Å². The van der Waals surface area contributed by atoms with Gasteiger partial charge >= 0.3 is 0 Å². The second-order valence-electron chi connectivity index (χ2n) is 11.5. The summed E-state index contributed by atoms with van der Waals surface area (Å²) < 4.78 is 0. The predicted octanol–water partition coefficient (Wildman–Crippen LogP) is 9.43. The second-order valence-corrected chi connectivity index (χ2v) is 11.5. The molecule has 0 amide bonds. The first-order valence-electron chi connectivity index (χ1n) is 14.2. The van der Waals surface area contributed by atoms with Gasteiger partial charge in [0, 0.05) is 17.5 Å². The molecule has 0 spiro atoms. The van der Waals surface area contributed by atoms with Gasteiger partial charge in [-0.05, 0) is 46.6 Å². The number of aromatic hydroxyl groups is 3. The minimum absolute atomic E-state index is 0.0741. The smallest absolute Gasteiger partial charge is 0.201 e. The van der Waals surface area contributed by atoms with Crippen LogP contribution in [0.5, 0.6) is 17.2 Å². The number of hydrogen-bond donors (Lipinski definition) is 3. The highest BCUT2D eigenvalue weighted by atomic mass is 16.3. The molecular formula is C34H46O3. The van der Waals surface area contributed by atoms with Crippen molar-refractivity contribution in [2.45, 2.75) is 104 Å². The molecule has 3 aromatic carbocycles. The molecule has 0 aromatic heterocycles. The third-order valence-electron chi connectivity index (χ3n) is 7.37. The third-order valence-corrected chi connectivity index (χ3v) is 7.37. The Morgan fingerprint density at radius 1 is 0.595 bits per heavy atom. The van der Waals surface area contributed by atoms with E-state index in [-0.39, 0.29) is 16.9 Å². The molecule has 3 nitrogen and oxygen atoms in total. The van der Waals surface area contributed by atoms with E-state index in [0.29, 0.717) is 17.5 Å². The van der Waals surface area contributed by atoms with Gasteiger partial charge in [0.25, 0.3) is 0 Å². The molecule has 0 fully saturated rings. The largest absolute Gasteiger partial charge is 0.504 e. The molecule has 0 aliphatic rings. The molecule has 3 aromatic rings. The van der Waals surface area contributed by atoms with Crippen molar-refractivity contribution in [1.82, 2.24) is 0 Å². The Kier molecular flexibility index (Phi) is 10.5. The maximum absolute atomic E-state index is 10.6. The van der Waals surface area contributed by atoms with E-state index < -0.39 is 5.75 Å². The van der Waals surface area contributed by atoms with Crippen LogP contribution < -0.4 is 0 Å². The summed E-state index contributed by atoms with van der Waals surface area (Å²) in [6, 6.07) is 18.3. The van der Waals surface area contributed by atoms with Gasteiger partial charge in [-0.3, -0.25) is 0 Å². The second kappa shape index (κ2) is 13.6. The lowest BCUT2D eigenvalue weighted by Gasteiger charge is -2.19. The Morgan fingerprint density at radius 2 is 1.14 bits per heavy atom. The first-order valence-corrected chi connectivity index (χ1v) is 14.2. The fourth-order valence-corrected chi connectivity index (χ4v) is 4.89. The Labute approximate surface area is 224 Å². The molecule has 200 valence electrons. The number of aryl methyl sites for hydroxylation is 1. The fraction of sp³-hybridized carbons (Fsp3) is 0.471. The monoisotopic (exact) mass is 502 g/mol. The Morgan fingerprint density at radius 3 is 1.70 bits per heavy atom. The van der Waals surface area contributed by atoms with E-state index in [0.717, 1.165) is 17.5 Å². The first kappa shape index (κ1) is 28.6. The molecule has 0 saturated heterocycles. The third kappa shape index (κ3) is 8.28. The van der Waals surface area contributed by atoms with Crippen LogP contribution in [0.25, 0.3) is 11.1 Å². The van der Waals surface area contributed by atoms with Gasteiger partial charge in [-0.25, -0.2) is 0 Å². The van der Waals surface area contributed by atoms with Crippen LogP contribution in [0.15, 0.2) is 54.6 Å². The molecule has 0 atom stereocenters. The van der Waals surface area contributed by atoms with E-state index >= 15 is 0 Å². The quantitative estimate of drug-likeness (QED) is 0.161. The van der Waals surface area contributed by atoms with Crippen molar-refractivity contribution in [1.29, 1.82) is 0 Å². The Bertz CT molecular complexity index is 1110. The maximum Gasteiger partial charge on any atom is 0.201 e. The average molecular weight is 503 g/mol. The molecule has 0 bridgehead atoms. The van der Waals surface area contributed by atoms with Gasteiger partial charge in [-0.1, -0.05) is 128 Å². The molecule has 3 rings (SSSR count). The van der Waals surface area contributed by atoms with Gasteiger partial charge in [-0.15, -0.1) is 0 Å². The normalized spacial score (nSPS) is 11.7. The van der Waals surface area contributed by atoms with Crippen molar-refractivity contribution in [3.8, 4) is 28.4 Å². The zero-order chi connectivity index (χ0) is 26.8. The number of benzene rings is 3. The van der Waals surface area contributed by atoms with Crippen LogP contribution in [-0.2, 0) is 18.3 Å². The van der Waals surface area contributed by atoms with Crippen LogP contribution in [-0.4, -0.2) is 15.3 Å². The zero-order valence-electron chi connectivity index (χ0n) is 23.3. The van der Waals surface area contributed by atoms with E-state index in [1.807, 2.05) is 12.1 Å². The number of unbranched alkanes of at least 4 members (excludes halogenated alkanes) is 8. The van der Waals surface area contributed by atoms with Gasteiger partial charge in [0.15, 0.2) is 11.5 Å². The molecule has 0 aliphatic carbocycles. The summed E-state index contributed by atoms with van der Waals surface area (Å²) in [5.74, 6) is -1.00. The number of rotatable bonds is 13. The molecule has 0 radical (unpaired) electrons. The van der Waals surface area contributed by atoms with Crippen molar-refractivity contribution in [2.75, 3.05) is 0 Å². The molecule has 0 aliphatic heterocycles. The molecule has 0 unspecified atom stereocenters. The lowest BCUT2D eigenvalue weighted by atomic mass is 9.86. The minimum Gasteiger partial charge on any atom is -0.504 e. The van der Waals surface area contributed by atoms with E-state index in [9.17, 15) is 15.3 Å². The standard InChI is InChI=1S/C34H46O3/c1-5-6-7-8-9-10-11-12-13-14-25-15-19-27(20-16-25)30-24-28(31(35)33(37)32(30)36)23-26-17-21-29(22-18-26)34(2,3)4/h15-22,24,35-37H,5-14,23H2,1-4H3. The van der Waals surface area contributed by atoms with Crippen molar-refractivity contribution >= 4 is 0 Å². The summed E-state index contributed by atoms with van der Waals surface area (Å²) in [7, 11) is 0. The molecule has 3 heteroatoms. The van der Waals surface area contributed by atoms with Gasteiger partial charge < -0.3 is 15.3 Å². The van der Waals surface area contributed by atoms with Gasteiger partial charge in [-0.2, -0.15) is 0 Å². The summed E-state index contributed by atoms with van der Waals surface area (Å²) >= 11 is 0. The van der Waals surface area contributed by atoms with Crippen molar-refractivity contribution in [3.63, 3.8) is 0 Å². The fourth-order valence-electron chi connectivity index (χ4n) is 4.89. The van der Waals surface area contributed by atoms with E-state index in [1.165, 1.54) is 68.9 Å². The van der Waals surface area contributed by atoms with Crippen molar-refractivity contribution in [3.05, 3.63) is 76.9 Å². The summed E-state index contributed by atoms with van der Waals surface area (Å²) in [6.45, 7) is 8.80. The van der Waals surface area contributed by atoms with E-state index in [2.05, 4.69) is 64.1 Å². The summed E-state index contributed by atoms with van der Waals surface area (Å²) in [4.78, 5) is 0. The Balaban J connectivity index is 1.62. The van der Waals surface area contributed by atoms with Crippen LogP contribution in [0.1, 0.15) is 108 Å². The van der Waals surface area contributed by atoms with Crippen LogP contribution in [0.4, 0.5) is 0 Å². The number of hydrogen-bond acceptors (Lipinski definition) is 3. The van der Waals surface area contributed by atoms with Crippen molar-refractivity contribution in [2.24, 2.45) is 0 Å². The van der Waals surface area contributed by atoms with Crippen LogP contribution in [0, 0.1) is 0 Å². The molecular weight excluding hydrogens is 456 g/mol. The lowest BCUT2D eigenvalue weighted by molar-refractivity contribution is 0.366. The Hall–Kier alpha value is -2.94. The average Bonchev–Trinajstić information content (AvgIpc) is 2.88. The maximum atomic E-state index is 10.6. The first-order chi connectivity index (χ1) is 17.7. The zero-order valence-corrected chi connectivity index (χ0v) is 23.3. The number of phenolic OH excluding ortho intramolecular Hbond substituents is 3. The highest BCUT2D eigenvalue weighted by Gasteiger charge is 2.19. The van der Waals surface area contributed by atoms with E-state index in [4.69, 9.17) is 0 Å². The highest BCUT2D eigenvalue weighted by Crippen LogP contribution is 2.45. The molecule has 37 heavy (non-hydrogen) atoms. The predicted molar refractivity (Wildman–Crippen MR) is 156 cm³/mol. The molecule has 0 saturated carbocycles. The van der Waals surface area contributed by atoms with Crippen LogP contribution >= 0.6 is 0 Å². The highest BCUT2D eigenvalue weighted by molar-refractivity contribution is 5.77. The summed E-state index contributed by atoms with van der Waals surface area (Å²) in [5.41, 5.74) is 5.60. The SMILES string of the molecule is CCCCCCCCCCCc1ccc(-c2cc(Cc3ccc(C(C)(C)C)cc3)c(O)c(O)c2O)cc1. The van der Waals surface area contributed by atoms with Crippen molar-refractivity contribution < 1.29 is 15.3 Å². The van der Waals surface area contributed by atoms with Gasteiger partial charge in [0.2, 0.25) is 5.75 Å².